The van der Waals surface area contributed by atoms with E-state index < -0.39 is 11.8 Å². The second kappa shape index (κ2) is 12.2. The predicted octanol–water partition coefficient (Wildman–Crippen LogP) is 5.51. The van der Waals surface area contributed by atoms with Crippen molar-refractivity contribution in [3.63, 3.8) is 0 Å². The van der Waals surface area contributed by atoms with Crippen molar-refractivity contribution < 1.29 is 19.1 Å². The highest BCUT2D eigenvalue weighted by Gasteiger charge is 2.15. The zero-order valence-corrected chi connectivity index (χ0v) is 21.4. The summed E-state index contributed by atoms with van der Waals surface area (Å²) in [7, 11) is 0. The Morgan fingerprint density at radius 2 is 1.54 bits per heavy atom. The Bertz CT molecular complexity index is 1210. The lowest BCUT2D eigenvalue weighted by Crippen LogP contribution is -2.41. The van der Waals surface area contributed by atoms with Crippen LogP contribution in [-0.4, -0.2) is 24.3 Å². The standard InChI is InChI=1S/C27H28BrN3O4/c1-17(2)14-15-35-24-13-10-20(28)16-23(24)27(34)31-30-25(32)19-8-11-21(12-9-19)29-26(33)22-7-5-4-6-18(22)3/h4-13,16-17H,14-15H2,1-3H3,(H,29,33)(H,30,32)(H,31,34). The van der Waals surface area contributed by atoms with Gasteiger partial charge in [-0.3, -0.25) is 25.2 Å². The third-order valence-electron chi connectivity index (χ3n) is 5.22. The number of halogens is 1. The zero-order chi connectivity index (χ0) is 25.4. The summed E-state index contributed by atoms with van der Waals surface area (Å²) in [4.78, 5) is 37.7. The smallest absolute Gasteiger partial charge is 0.273 e. The summed E-state index contributed by atoms with van der Waals surface area (Å²) in [5, 5.41) is 2.81. The van der Waals surface area contributed by atoms with Crippen LogP contribution in [0.15, 0.2) is 71.2 Å². The lowest BCUT2D eigenvalue weighted by Gasteiger charge is -2.14. The van der Waals surface area contributed by atoms with Gasteiger partial charge < -0.3 is 10.1 Å². The van der Waals surface area contributed by atoms with Gasteiger partial charge in [-0.05, 0) is 73.4 Å². The van der Waals surface area contributed by atoms with Gasteiger partial charge in [0.25, 0.3) is 17.7 Å². The largest absolute Gasteiger partial charge is 0.493 e. The molecular formula is C27H28BrN3O4. The van der Waals surface area contributed by atoms with Crippen molar-refractivity contribution in [1.29, 1.82) is 0 Å². The fraction of sp³-hybridized carbons (Fsp3) is 0.222. The van der Waals surface area contributed by atoms with Crippen molar-refractivity contribution in [2.24, 2.45) is 5.92 Å². The summed E-state index contributed by atoms with van der Waals surface area (Å²) >= 11 is 3.36. The molecule has 182 valence electrons. The Labute approximate surface area is 213 Å². The van der Waals surface area contributed by atoms with E-state index in [0.29, 0.717) is 45.1 Å². The number of benzene rings is 3. The molecule has 8 heteroatoms. The highest BCUT2D eigenvalue weighted by Crippen LogP contribution is 2.24. The molecule has 0 spiro atoms. The van der Waals surface area contributed by atoms with Crippen LogP contribution in [0.25, 0.3) is 0 Å². The number of aryl methyl sites for hydroxylation is 1. The number of carbonyl (C=O) groups excluding carboxylic acids is 3. The Balaban J connectivity index is 1.59. The summed E-state index contributed by atoms with van der Waals surface area (Å²) in [5.41, 5.74) is 7.47. The maximum Gasteiger partial charge on any atom is 0.273 e. The van der Waals surface area contributed by atoms with E-state index in [9.17, 15) is 14.4 Å². The number of anilines is 1. The van der Waals surface area contributed by atoms with Gasteiger partial charge in [0, 0.05) is 21.3 Å². The van der Waals surface area contributed by atoms with E-state index in [1.165, 1.54) is 0 Å². The summed E-state index contributed by atoms with van der Waals surface area (Å²) < 4.78 is 6.49. The van der Waals surface area contributed by atoms with Crippen LogP contribution >= 0.6 is 15.9 Å². The summed E-state index contributed by atoms with van der Waals surface area (Å²) in [5.74, 6) is -0.305. The fourth-order valence-corrected chi connectivity index (χ4v) is 3.56. The molecular weight excluding hydrogens is 510 g/mol. The molecule has 7 nitrogen and oxygen atoms in total. The summed E-state index contributed by atoms with van der Waals surface area (Å²) in [6.45, 7) is 6.54. The topological polar surface area (TPSA) is 96.5 Å². The Kier molecular flexibility index (Phi) is 9.03. The molecule has 3 rings (SSSR count). The highest BCUT2D eigenvalue weighted by molar-refractivity contribution is 9.10. The van der Waals surface area contributed by atoms with Crippen molar-refractivity contribution in [2.75, 3.05) is 11.9 Å². The van der Waals surface area contributed by atoms with Crippen LogP contribution in [0.3, 0.4) is 0 Å². The van der Waals surface area contributed by atoms with Gasteiger partial charge in [-0.15, -0.1) is 0 Å². The second-order valence-corrected chi connectivity index (χ2v) is 9.34. The predicted molar refractivity (Wildman–Crippen MR) is 140 cm³/mol. The number of rotatable bonds is 8. The minimum atomic E-state index is -0.499. The first kappa shape index (κ1) is 26.0. The van der Waals surface area contributed by atoms with Crippen LogP contribution in [0, 0.1) is 12.8 Å². The number of nitrogens with one attached hydrogen (secondary N) is 3. The molecule has 0 aromatic heterocycles. The number of amides is 3. The van der Waals surface area contributed by atoms with Crippen molar-refractivity contribution >= 4 is 39.3 Å². The molecule has 0 aliphatic rings. The molecule has 0 radical (unpaired) electrons. The van der Waals surface area contributed by atoms with E-state index in [0.717, 1.165) is 12.0 Å². The van der Waals surface area contributed by atoms with E-state index >= 15 is 0 Å². The van der Waals surface area contributed by atoms with E-state index in [1.54, 1.807) is 54.6 Å². The molecule has 3 aromatic rings. The van der Waals surface area contributed by atoms with Gasteiger partial charge in [0.1, 0.15) is 5.75 Å². The number of hydrazine groups is 1. The quantitative estimate of drug-likeness (QED) is 0.330. The highest BCUT2D eigenvalue weighted by atomic mass is 79.9. The molecule has 0 bridgehead atoms. The molecule has 0 heterocycles. The lowest BCUT2D eigenvalue weighted by molar-refractivity contribution is 0.0844. The lowest BCUT2D eigenvalue weighted by atomic mass is 10.1. The minimum absolute atomic E-state index is 0.229. The molecule has 35 heavy (non-hydrogen) atoms. The van der Waals surface area contributed by atoms with E-state index in [-0.39, 0.29) is 5.91 Å². The maximum atomic E-state index is 12.7. The Morgan fingerprint density at radius 3 is 2.23 bits per heavy atom. The van der Waals surface area contributed by atoms with Crippen molar-refractivity contribution in [2.45, 2.75) is 27.2 Å². The first-order valence-corrected chi connectivity index (χ1v) is 12.0. The van der Waals surface area contributed by atoms with E-state index in [2.05, 4.69) is 45.9 Å². The zero-order valence-electron chi connectivity index (χ0n) is 19.9. The third-order valence-corrected chi connectivity index (χ3v) is 5.72. The summed E-state index contributed by atoms with van der Waals surface area (Å²) in [6.07, 6.45) is 0.856. The number of ether oxygens (including phenoxy) is 1. The maximum absolute atomic E-state index is 12.7. The minimum Gasteiger partial charge on any atom is -0.493 e. The molecule has 3 amide bonds. The molecule has 3 aromatic carbocycles. The SMILES string of the molecule is Cc1ccccc1C(=O)Nc1ccc(C(=O)NNC(=O)c2cc(Br)ccc2OCCC(C)C)cc1. The average Bonchev–Trinajstić information content (AvgIpc) is 2.83. The monoisotopic (exact) mass is 537 g/mol. The molecule has 0 fully saturated rings. The number of hydrogen-bond acceptors (Lipinski definition) is 4. The van der Waals surface area contributed by atoms with Gasteiger partial charge in [0.15, 0.2) is 0 Å². The van der Waals surface area contributed by atoms with Crippen molar-refractivity contribution in [3.8, 4) is 5.75 Å². The molecule has 0 aliphatic heterocycles. The van der Waals surface area contributed by atoms with Gasteiger partial charge in [-0.1, -0.05) is 48.0 Å². The average molecular weight is 538 g/mol. The first-order valence-electron chi connectivity index (χ1n) is 11.2. The fourth-order valence-electron chi connectivity index (χ4n) is 3.19. The van der Waals surface area contributed by atoms with E-state index in [1.807, 2.05) is 19.1 Å². The third kappa shape index (κ3) is 7.42. The van der Waals surface area contributed by atoms with Crippen LogP contribution in [0.5, 0.6) is 5.75 Å². The number of carbonyl (C=O) groups is 3. The van der Waals surface area contributed by atoms with Crippen LogP contribution in [-0.2, 0) is 0 Å². The normalized spacial score (nSPS) is 10.5. The van der Waals surface area contributed by atoms with Gasteiger partial charge in [-0.2, -0.15) is 0 Å². The summed E-state index contributed by atoms with van der Waals surface area (Å²) in [6, 6.07) is 18.8. The molecule has 0 unspecified atom stereocenters. The van der Waals surface area contributed by atoms with Crippen LogP contribution < -0.4 is 20.9 Å². The van der Waals surface area contributed by atoms with Gasteiger partial charge >= 0.3 is 0 Å². The van der Waals surface area contributed by atoms with Gasteiger partial charge in [0.2, 0.25) is 0 Å². The molecule has 0 saturated carbocycles. The molecule has 0 aliphatic carbocycles. The molecule has 3 N–H and O–H groups in total. The van der Waals surface area contributed by atoms with Gasteiger partial charge in [-0.25, -0.2) is 0 Å². The second-order valence-electron chi connectivity index (χ2n) is 8.43. The first-order chi connectivity index (χ1) is 16.7. The van der Waals surface area contributed by atoms with E-state index in [4.69, 9.17) is 4.74 Å². The number of hydrogen-bond donors (Lipinski definition) is 3. The van der Waals surface area contributed by atoms with Crippen molar-refractivity contribution in [3.05, 3.63) is 93.5 Å². The molecule has 0 saturated heterocycles. The van der Waals surface area contributed by atoms with Crippen LogP contribution in [0.1, 0.15) is 56.9 Å². The van der Waals surface area contributed by atoms with Crippen LogP contribution in [0.2, 0.25) is 0 Å². The Hall–Kier alpha value is -3.65. The van der Waals surface area contributed by atoms with Gasteiger partial charge in [0.05, 0.1) is 12.2 Å². The Morgan fingerprint density at radius 1 is 0.857 bits per heavy atom. The van der Waals surface area contributed by atoms with Crippen LogP contribution in [0.4, 0.5) is 5.69 Å². The molecule has 0 atom stereocenters. The van der Waals surface area contributed by atoms with Crippen molar-refractivity contribution in [1.82, 2.24) is 10.9 Å².